The van der Waals surface area contributed by atoms with Gasteiger partial charge in [0.15, 0.2) is 0 Å². The minimum absolute atomic E-state index is 0.0742. The van der Waals surface area contributed by atoms with Crippen molar-refractivity contribution in [1.82, 2.24) is 10.4 Å². The molecule has 1 aliphatic heterocycles. The van der Waals surface area contributed by atoms with Gasteiger partial charge in [-0.05, 0) is 36.8 Å². The Bertz CT molecular complexity index is 1060. The highest BCUT2D eigenvalue weighted by Gasteiger charge is 2.33. The third kappa shape index (κ3) is 3.27. The smallest absolute Gasteiger partial charge is 0.276 e. The van der Waals surface area contributed by atoms with Crippen molar-refractivity contribution in [2.24, 2.45) is 0 Å². The number of nitrogens with one attached hydrogen (secondary N) is 1. The lowest BCUT2D eigenvalue weighted by Crippen LogP contribution is -2.40. The Morgan fingerprint density at radius 1 is 0.893 bits per heavy atom. The molecule has 28 heavy (non-hydrogen) atoms. The maximum absolute atomic E-state index is 14.5. The molecule has 1 aliphatic rings. The monoisotopic (exact) mass is 376 g/mol. The summed E-state index contributed by atoms with van der Waals surface area (Å²) < 4.78 is 28.7. The van der Waals surface area contributed by atoms with Gasteiger partial charge in [-0.15, -0.1) is 0 Å². The molecule has 0 saturated heterocycles. The molecule has 0 aromatic heterocycles. The van der Waals surface area contributed by atoms with E-state index in [9.17, 15) is 13.6 Å². The summed E-state index contributed by atoms with van der Waals surface area (Å²) in [5.41, 5.74) is 5.93. The van der Waals surface area contributed by atoms with Gasteiger partial charge < -0.3 is 0 Å². The van der Waals surface area contributed by atoms with E-state index in [-0.39, 0.29) is 5.56 Å². The van der Waals surface area contributed by atoms with Gasteiger partial charge in [0.25, 0.3) is 5.91 Å². The van der Waals surface area contributed by atoms with Gasteiger partial charge in [0.2, 0.25) is 0 Å². The molecule has 0 bridgehead atoms. The van der Waals surface area contributed by atoms with Crippen molar-refractivity contribution >= 4 is 11.6 Å². The first kappa shape index (κ1) is 17.9. The predicted octanol–water partition coefficient (Wildman–Crippen LogP) is 5.02. The molecule has 4 rings (SSSR count). The Balaban J connectivity index is 1.77. The molecule has 3 aromatic rings. The van der Waals surface area contributed by atoms with E-state index in [1.165, 1.54) is 29.3 Å². The van der Waals surface area contributed by atoms with E-state index in [4.69, 9.17) is 0 Å². The summed E-state index contributed by atoms with van der Waals surface area (Å²) in [6.45, 7) is 1.98. The highest BCUT2D eigenvalue weighted by Crippen LogP contribution is 2.33. The van der Waals surface area contributed by atoms with E-state index in [2.05, 4.69) is 5.43 Å². The van der Waals surface area contributed by atoms with Crippen molar-refractivity contribution < 1.29 is 13.6 Å². The van der Waals surface area contributed by atoms with Crippen molar-refractivity contribution in [1.29, 1.82) is 0 Å². The van der Waals surface area contributed by atoms with E-state index in [0.29, 0.717) is 11.3 Å². The lowest BCUT2D eigenvalue weighted by atomic mass is 10.0. The van der Waals surface area contributed by atoms with Crippen molar-refractivity contribution in [2.45, 2.75) is 13.0 Å². The molecule has 0 unspecified atom stereocenters. The highest BCUT2D eigenvalue weighted by molar-refractivity contribution is 5.96. The fraction of sp³-hybridized carbons (Fsp3) is 0.0870. The van der Waals surface area contributed by atoms with Gasteiger partial charge in [-0.1, -0.05) is 60.2 Å². The van der Waals surface area contributed by atoms with Gasteiger partial charge in [-0.2, -0.15) is 0 Å². The van der Waals surface area contributed by atoms with Crippen molar-refractivity contribution in [3.8, 4) is 0 Å². The first-order valence-corrected chi connectivity index (χ1v) is 8.92. The largest absolute Gasteiger partial charge is 0.295 e. The molecule has 1 amide bonds. The van der Waals surface area contributed by atoms with Crippen molar-refractivity contribution in [3.63, 3.8) is 0 Å². The van der Waals surface area contributed by atoms with E-state index in [1.54, 1.807) is 30.3 Å². The van der Waals surface area contributed by atoms with Crippen LogP contribution in [-0.2, 0) is 0 Å². The number of hydrogen-bond donors (Lipinski definition) is 1. The van der Waals surface area contributed by atoms with Crippen LogP contribution in [0.4, 0.5) is 8.78 Å². The molecule has 3 aromatic carbocycles. The standard InChI is InChI=1S/C23H18F2N2O/c1-15-10-12-16(13-11-15)21-14-22(17-6-2-4-8-19(17)24)27(26-21)23(28)18-7-3-5-9-20(18)25/h2-14,22,26H,1H3/t22-/m1/s1. The molecule has 1 atom stereocenters. The second-order valence-corrected chi connectivity index (χ2v) is 6.68. The minimum atomic E-state index is -0.704. The summed E-state index contributed by atoms with van der Waals surface area (Å²) in [5, 5.41) is 1.27. The molecule has 140 valence electrons. The van der Waals surface area contributed by atoms with Gasteiger partial charge in [-0.3, -0.25) is 10.2 Å². The number of halogens is 2. The Hall–Kier alpha value is -3.47. The van der Waals surface area contributed by atoms with Crippen LogP contribution in [0.1, 0.15) is 33.1 Å². The minimum Gasteiger partial charge on any atom is -0.295 e. The predicted molar refractivity (Wildman–Crippen MR) is 104 cm³/mol. The maximum Gasteiger partial charge on any atom is 0.276 e. The second kappa shape index (κ2) is 7.27. The van der Waals surface area contributed by atoms with E-state index < -0.39 is 23.6 Å². The zero-order chi connectivity index (χ0) is 19.7. The highest BCUT2D eigenvalue weighted by atomic mass is 19.1. The van der Waals surface area contributed by atoms with Crippen LogP contribution in [0, 0.1) is 18.6 Å². The quantitative estimate of drug-likeness (QED) is 0.696. The summed E-state index contributed by atoms with van der Waals surface area (Å²) in [5.74, 6) is -1.61. The summed E-state index contributed by atoms with van der Waals surface area (Å²) in [6, 6.07) is 19.1. The summed E-state index contributed by atoms with van der Waals surface area (Å²) in [4.78, 5) is 13.1. The third-order valence-electron chi connectivity index (χ3n) is 4.75. The fourth-order valence-electron chi connectivity index (χ4n) is 3.25. The number of aryl methyl sites for hydroxylation is 1. The first-order valence-electron chi connectivity index (χ1n) is 8.92. The van der Waals surface area contributed by atoms with E-state index >= 15 is 0 Å². The summed E-state index contributed by atoms with van der Waals surface area (Å²) >= 11 is 0. The molecule has 0 radical (unpaired) electrons. The zero-order valence-corrected chi connectivity index (χ0v) is 15.2. The van der Waals surface area contributed by atoms with E-state index in [1.807, 2.05) is 31.2 Å². The second-order valence-electron chi connectivity index (χ2n) is 6.68. The fourth-order valence-corrected chi connectivity index (χ4v) is 3.25. The first-order chi connectivity index (χ1) is 13.5. The number of nitrogens with zero attached hydrogens (tertiary/aromatic N) is 1. The van der Waals surface area contributed by atoms with Crippen LogP contribution in [-0.4, -0.2) is 10.9 Å². The van der Waals surface area contributed by atoms with Crippen LogP contribution in [0.3, 0.4) is 0 Å². The third-order valence-corrected chi connectivity index (χ3v) is 4.75. The van der Waals surface area contributed by atoms with Gasteiger partial charge in [0.1, 0.15) is 17.7 Å². The maximum atomic E-state index is 14.5. The molecule has 3 nitrogen and oxygen atoms in total. The van der Waals surface area contributed by atoms with Crippen LogP contribution in [0.25, 0.3) is 5.70 Å². The Labute approximate surface area is 161 Å². The number of hydrazine groups is 1. The normalized spacial score (nSPS) is 15.9. The van der Waals surface area contributed by atoms with Crippen LogP contribution < -0.4 is 5.43 Å². The Morgan fingerprint density at radius 3 is 2.21 bits per heavy atom. The number of benzene rings is 3. The molecular weight excluding hydrogens is 358 g/mol. The number of rotatable bonds is 3. The number of carbonyl (C=O) groups is 1. The molecular formula is C23H18F2N2O. The molecule has 0 saturated carbocycles. The van der Waals surface area contributed by atoms with Gasteiger partial charge in [0.05, 0.1) is 11.3 Å². The number of hydrogen-bond acceptors (Lipinski definition) is 2. The molecule has 0 aliphatic carbocycles. The Kier molecular flexibility index (Phi) is 4.65. The lowest BCUT2D eigenvalue weighted by Gasteiger charge is -2.26. The summed E-state index contributed by atoms with van der Waals surface area (Å²) in [6.07, 6.45) is 1.78. The van der Waals surface area contributed by atoms with Crippen molar-refractivity contribution in [2.75, 3.05) is 0 Å². The average molecular weight is 376 g/mol. The Morgan fingerprint density at radius 2 is 1.54 bits per heavy atom. The van der Waals surface area contributed by atoms with Crippen LogP contribution >= 0.6 is 0 Å². The SMILES string of the molecule is Cc1ccc(C2=C[C@H](c3ccccc3F)N(C(=O)c3ccccc3F)N2)cc1. The zero-order valence-electron chi connectivity index (χ0n) is 15.2. The molecule has 1 N–H and O–H groups in total. The van der Waals surface area contributed by atoms with Crippen LogP contribution in [0.5, 0.6) is 0 Å². The molecule has 0 spiro atoms. The molecule has 0 fully saturated rings. The molecule has 1 heterocycles. The van der Waals surface area contributed by atoms with Gasteiger partial charge in [-0.25, -0.2) is 13.8 Å². The lowest BCUT2D eigenvalue weighted by molar-refractivity contribution is 0.0665. The van der Waals surface area contributed by atoms with Crippen LogP contribution in [0.2, 0.25) is 0 Å². The topological polar surface area (TPSA) is 32.3 Å². The van der Waals surface area contributed by atoms with Crippen molar-refractivity contribution in [3.05, 3.63) is 113 Å². The number of carbonyl (C=O) groups excluding carboxylic acids is 1. The average Bonchev–Trinajstić information content (AvgIpc) is 3.14. The van der Waals surface area contributed by atoms with E-state index in [0.717, 1.165) is 11.1 Å². The van der Waals surface area contributed by atoms with Gasteiger partial charge >= 0.3 is 0 Å². The summed E-state index contributed by atoms with van der Waals surface area (Å²) in [7, 11) is 0. The molecule has 5 heteroatoms. The number of amides is 1. The van der Waals surface area contributed by atoms with Gasteiger partial charge in [0, 0.05) is 5.56 Å². The van der Waals surface area contributed by atoms with Crippen LogP contribution in [0.15, 0.2) is 78.9 Å².